The number of pyridine rings is 1. The molecule has 25 heavy (non-hydrogen) atoms. The highest BCUT2D eigenvalue weighted by atomic mass is 16.2. The van der Waals surface area contributed by atoms with Gasteiger partial charge in [0, 0.05) is 18.9 Å². The number of nitrogens with zero attached hydrogens (tertiary/aromatic N) is 4. The third-order valence-corrected chi connectivity index (χ3v) is 4.68. The minimum atomic E-state index is -0.309. The Balaban J connectivity index is 1.62. The Bertz CT molecular complexity index is 824. The number of hydrogen-bond acceptors (Lipinski definition) is 5. The number of carbonyl (C=O) groups is 2. The van der Waals surface area contributed by atoms with E-state index in [-0.39, 0.29) is 24.4 Å². The molecule has 1 atom stereocenters. The number of rotatable bonds is 2. The van der Waals surface area contributed by atoms with E-state index >= 15 is 0 Å². The van der Waals surface area contributed by atoms with Crippen molar-refractivity contribution < 1.29 is 9.59 Å². The molecule has 2 aromatic rings. The van der Waals surface area contributed by atoms with E-state index in [1.807, 2.05) is 17.8 Å². The molecule has 0 aliphatic carbocycles. The molecule has 1 saturated heterocycles. The van der Waals surface area contributed by atoms with E-state index in [2.05, 4.69) is 20.7 Å². The Morgan fingerprint density at radius 3 is 3.04 bits per heavy atom. The first-order chi connectivity index (χ1) is 12.1. The Morgan fingerprint density at radius 2 is 2.24 bits per heavy atom. The van der Waals surface area contributed by atoms with Crippen molar-refractivity contribution in [2.45, 2.75) is 25.8 Å². The molecule has 0 spiro atoms. The van der Waals surface area contributed by atoms with Crippen LogP contribution in [0.5, 0.6) is 0 Å². The number of carbonyl (C=O) groups excluding carboxylic acids is 2. The second-order valence-electron chi connectivity index (χ2n) is 6.45. The second kappa shape index (κ2) is 6.29. The van der Waals surface area contributed by atoms with Gasteiger partial charge in [0.25, 0.3) is 5.91 Å². The van der Waals surface area contributed by atoms with E-state index in [0.29, 0.717) is 17.2 Å². The quantitative estimate of drug-likeness (QED) is 0.854. The topological polar surface area (TPSA) is 92.2 Å². The number of hydrogen-bond donors (Lipinski definition) is 2. The fourth-order valence-electron chi connectivity index (χ4n) is 3.32. The van der Waals surface area contributed by atoms with Crippen LogP contribution in [0.4, 0.5) is 11.5 Å². The average molecular weight is 340 g/mol. The first-order valence-electron chi connectivity index (χ1n) is 8.46. The zero-order valence-corrected chi connectivity index (χ0v) is 14.0. The van der Waals surface area contributed by atoms with Gasteiger partial charge in [0.2, 0.25) is 5.91 Å². The molecule has 8 nitrogen and oxygen atoms in total. The van der Waals surface area contributed by atoms with Crippen LogP contribution in [0, 0.1) is 6.92 Å². The van der Waals surface area contributed by atoms with Crippen LogP contribution in [0.2, 0.25) is 0 Å². The van der Waals surface area contributed by atoms with E-state index in [4.69, 9.17) is 0 Å². The number of fused-ring (bicyclic) bond motifs is 1. The third kappa shape index (κ3) is 2.89. The number of aromatic nitrogens is 3. The third-order valence-electron chi connectivity index (χ3n) is 4.68. The summed E-state index contributed by atoms with van der Waals surface area (Å²) in [7, 11) is 0. The molecule has 2 amide bonds. The van der Waals surface area contributed by atoms with Crippen molar-refractivity contribution in [2.75, 3.05) is 29.9 Å². The fraction of sp³-hybridized carbons (Fsp3) is 0.412. The highest BCUT2D eigenvalue weighted by Crippen LogP contribution is 2.30. The molecule has 1 unspecified atom stereocenters. The van der Waals surface area contributed by atoms with Crippen LogP contribution in [-0.4, -0.2) is 46.2 Å². The summed E-state index contributed by atoms with van der Waals surface area (Å²) in [6.07, 6.45) is 5.60. The summed E-state index contributed by atoms with van der Waals surface area (Å²) in [6, 6.07) is 3.77. The highest BCUT2D eigenvalue weighted by Gasteiger charge is 2.31. The van der Waals surface area contributed by atoms with E-state index in [1.165, 1.54) is 4.90 Å². The van der Waals surface area contributed by atoms with E-state index in [9.17, 15) is 9.59 Å². The second-order valence-corrected chi connectivity index (χ2v) is 6.45. The first kappa shape index (κ1) is 15.8. The maximum Gasteiger partial charge on any atom is 0.280 e. The SMILES string of the molecule is Cc1ccnc2c1NC(=O)CN2C(=O)c1ccn(C2CCCNC2)n1. The molecule has 1 fully saturated rings. The molecule has 4 rings (SSSR count). The van der Waals surface area contributed by atoms with Crippen molar-refractivity contribution in [1.29, 1.82) is 0 Å². The largest absolute Gasteiger partial charge is 0.321 e. The van der Waals surface area contributed by atoms with E-state index in [1.54, 1.807) is 18.3 Å². The maximum atomic E-state index is 12.9. The molecule has 130 valence electrons. The van der Waals surface area contributed by atoms with Crippen LogP contribution in [0.25, 0.3) is 0 Å². The zero-order chi connectivity index (χ0) is 17.4. The number of anilines is 2. The molecule has 8 heteroatoms. The summed E-state index contributed by atoms with van der Waals surface area (Å²) in [4.78, 5) is 30.6. The zero-order valence-electron chi connectivity index (χ0n) is 14.0. The number of amides is 2. The predicted octanol–water partition coefficient (Wildman–Crippen LogP) is 1.11. The lowest BCUT2D eigenvalue weighted by Gasteiger charge is -2.28. The number of piperidine rings is 1. The van der Waals surface area contributed by atoms with Crippen molar-refractivity contribution in [3.8, 4) is 0 Å². The summed E-state index contributed by atoms with van der Waals surface area (Å²) in [5.74, 6) is -0.0666. The minimum Gasteiger partial charge on any atom is -0.321 e. The van der Waals surface area contributed by atoms with E-state index in [0.717, 1.165) is 31.5 Å². The van der Waals surface area contributed by atoms with Crippen molar-refractivity contribution >= 4 is 23.3 Å². The molecule has 0 radical (unpaired) electrons. The average Bonchev–Trinajstić information content (AvgIpc) is 3.12. The van der Waals surface area contributed by atoms with Gasteiger partial charge in [-0.1, -0.05) is 0 Å². The molecular formula is C17H20N6O2. The highest BCUT2D eigenvalue weighted by molar-refractivity contribution is 6.14. The van der Waals surface area contributed by atoms with Crippen molar-refractivity contribution in [3.05, 3.63) is 35.8 Å². The first-order valence-corrected chi connectivity index (χ1v) is 8.46. The van der Waals surface area contributed by atoms with Gasteiger partial charge in [-0.3, -0.25) is 19.2 Å². The van der Waals surface area contributed by atoms with E-state index < -0.39 is 0 Å². The molecule has 4 heterocycles. The van der Waals surface area contributed by atoms with Gasteiger partial charge >= 0.3 is 0 Å². The Hall–Kier alpha value is -2.74. The molecule has 2 N–H and O–H groups in total. The summed E-state index contributed by atoms with van der Waals surface area (Å²) in [5.41, 5.74) is 1.78. The Morgan fingerprint density at radius 1 is 1.36 bits per heavy atom. The lowest BCUT2D eigenvalue weighted by molar-refractivity contribution is -0.115. The molecule has 0 aromatic carbocycles. The Labute approximate surface area is 145 Å². The Kier molecular flexibility index (Phi) is 3.96. The molecule has 0 saturated carbocycles. The van der Waals surface area contributed by atoms with Gasteiger partial charge in [0.05, 0.1) is 11.7 Å². The summed E-state index contributed by atoms with van der Waals surface area (Å²) < 4.78 is 1.84. The minimum absolute atomic E-state index is 0.0554. The van der Waals surface area contributed by atoms with Crippen LogP contribution in [0.3, 0.4) is 0 Å². The van der Waals surface area contributed by atoms with Gasteiger partial charge in [0.1, 0.15) is 6.54 Å². The van der Waals surface area contributed by atoms with Crippen LogP contribution >= 0.6 is 0 Å². The monoisotopic (exact) mass is 340 g/mol. The molecule has 2 aliphatic heterocycles. The van der Waals surface area contributed by atoms with Gasteiger partial charge in [0.15, 0.2) is 11.5 Å². The lowest BCUT2D eigenvalue weighted by atomic mass is 10.1. The summed E-state index contributed by atoms with van der Waals surface area (Å²) in [6.45, 7) is 3.69. The fourth-order valence-corrected chi connectivity index (χ4v) is 3.32. The van der Waals surface area contributed by atoms with Crippen LogP contribution < -0.4 is 15.5 Å². The number of aryl methyl sites for hydroxylation is 1. The number of nitrogens with one attached hydrogen (secondary N) is 2. The lowest BCUT2D eigenvalue weighted by Crippen LogP contribution is -2.43. The van der Waals surface area contributed by atoms with Crippen molar-refractivity contribution in [2.24, 2.45) is 0 Å². The van der Waals surface area contributed by atoms with Gasteiger partial charge in [-0.25, -0.2) is 4.98 Å². The van der Waals surface area contributed by atoms with Gasteiger partial charge in [-0.2, -0.15) is 5.10 Å². The van der Waals surface area contributed by atoms with Gasteiger partial charge in [-0.15, -0.1) is 0 Å². The molecule has 2 aromatic heterocycles. The van der Waals surface area contributed by atoms with Gasteiger partial charge < -0.3 is 10.6 Å². The van der Waals surface area contributed by atoms with Crippen LogP contribution in [0.1, 0.15) is 34.9 Å². The van der Waals surface area contributed by atoms with Crippen LogP contribution in [0.15, 0.2) is 24.5 Å². The predicted molar refractivity (Wildman–Crippen MR) is 92.6 cm³/mol. The van der Waals surface area contributed by atoms with Crippen LogP contribution in [-0.2, 0) is 4.79 Å². The maximum absolute atomic E-state index is 12.9. The normalized spacial score (nSPS) is 20.1. The smallest absolute Gasteiger partial charge is 0.280 e. The van der Waals surface area contributed by atoms with Crippen molar-refractivity contribution in [1.82, 2.24) is 20.1 Å². The molecule has 2 aliphatic rings. The standard InChI is InChI=1S/C17H20N6O2/c1-11-4-7-19-16-15(11)20-14(24)10-22(16)17(25)13-5-8-23(21-13)12-3-2-6-18-9-12/h4-5,7-8,12,18H,2-3,6,9-10H2,1H3,(H,20,24). The summed E-state index contributed by atoms with van der Waals surface area (Å²) >= 11 is 0. The molecular weight excluding hydrogens is 320 g/mol. The van der Waals surface area contributed by atoms with Gasteiger partial charge in [-0.05, 0) is 44.0 Å². The van der Waals surface area contributed by atoms with Crippen molar-refractivity contribution in [3.63, 3.8) is 0 Å². The summed E-state index contributed by atoms with van der Waals surface area (Å²) in [5, 5.41) is 10.6. The molecule has 0 bridgehead atoms.